The maximum atomic E-state index is 12.8. The molecular weight excluding hydrogens is 488 g/mol. The zero-order valence-electron chi connectivity index (χ0n) is 19.9. The van der Waals surface area contributed by atoms with E-state index in [1.165, 1.54) is 6.21 Å². The third-order valence-corrected chi connectivity index (χ3v) is 5.83. The number of benzene rings is 2. The van der Waals surface area contributed by atoms with Crippen molar-refractivity contribution in [1.82, 2.24) is 30.7 Å². The van der Waals surface area contributed by atoms with Crippen LogP contribution in [0.15, 0.2) is 40.1 Å². The number of hydrazone groups is 1. The Balaban J connectivity index is 1.48. The summed E-state index contributed by atoms with van der Waals surface area (Å²) in [6.45, 7) is 5.73. The quantitative estimate of drug-likeness (QED) is 0.268. The number of methoxy groups -OCH3 is 1. The average molecular weight is 511 g/mol. The summed E-state index contributed by atoms with van der Waals surface area (Å²) in [6, 6.07) is 9.21. The van der Waals surface area contributed by atoms with Crippen molar-refractivity contribution in [2.24, 2.45) is 5.10 Å². The molecule has 0 aliphatic heterocycles. The zero-order valence-corrected chi connectivity index (χ0v) is 20.7. The smallest absolute Gasteiger partial charge is 0.292 e. The van der Waals surface area contributed by atoms with Gasteiger partial charge in [0.1, 0.15) is 18.1 Å². The molecule has 13 heteroatoms. The summed E-state index contributed by atoms with van der Waals surface area (Å²) in [4.78, 5) is 12.8. The van der Waals surface area contributed by atoms with E-state index < -0.39 is 5.91 Å². The number of nitrogen functional groups attached to an aromatic ring is 1. The van der Waals surface area contributed by atoms with Gasteiger partial charge < -0.3 is 15.2 Å². The van der Waals surface area contributed by atoms with E-state index in [4.69, 9.17) is 26.8 Å². The van der Waals surface area contributed by atoms with Gasteiger partial charge in [-0.2, -0.15) is 9.78 Å². The number of hydrogen-bond donors (Lipinski definition) is 2. The molecule has 0 unspecified atom stereocenters. The number of amides is 1. The number of aryl methyl sites for hydroxylation is 3. The van der Waals surface area contributed by atoms with E-state index in [0.29, 0.717) is 22.8 Å². The first-order chi connectivity index (χ1) is 17.3. The van der Waals surface area contributed by atoms with Gasteiger partial charge in [0.25, 0.3) is 5.91 Å². The minimum absolute atomic E-state index is 0.0330. The van der Waals surface area contributed by atoms with Crippen LogP contribution in [0.2, 0.25) is 5.02 Å². The number of carbonyl (C=O) groups is 1. The molecule has 0 spiro atoms. The van der Waals surface area contributed by atoms with Gasteiger partial charge in [-0.05, 0) is 78.1 Å². The van der Waals surface area contributed by atoms with Gasteiger partial charge in [-0.25, -0.2) is 10.1 Å². The Morgan fingerprint density at radius 2 is 1.97 bits per heavy atom. The van der Waals surface area contributed by atoms with Crippen LogP contribution in [0.1, 0.15) is 38.4 Å². The Hall–Kier alpha value is -4.45. The van der Waals surface area contributed by atoms with Crippen LogP contribution < -0.4 is 20.6 Å². The molecule has 4 rings (SSSR count). The molecule has 1 amide bonds. The second-order valence-corrected chi connectivity index (χ2v) is 8.22. The fraction of sp³-hybridized carbons (Fsp3) is 0.217. The van der Waals surface area contributed by atoms with E-state index in [1.807, 2.05) is 32.0 Å². The third-order valence-electron chi connectivity index (χ3n) is 5.24. The molecule has 0 aliphatic rings. The van der Waals surface area contributed by atoms with Crippen LogP contribution in [0, 0.1) is 20.8 Å². The van der Waals surface area contributed by atoms with Crippen molar-refractivity contribution in [3.8, 4) is 17.3 Å². The zero-order chi connectivity index (χ0) is 25.8. The van der Waals surface area contributed by atoms with Crippen LogP contribution in [0.25, 0.3) is 5.82 Å². The predicted octanol–water partition coefficient (Wildman–Crippen LogP) is 3.16. The highest BCUT2D eigenvalue weighted by Crippen LogP contribution is 2.27. The summed E-state index contributed by atoms with van der Waals surface area (Å²) in [6.07, 6.45) is 1.49. The molecule has 12 nitrogen and oxygen atoms in total. The Kier molecular flexibility index (Phi) is 7.15. The first-order valence-electron chi connectivity index (χ1n) is 10.7. The molecule has 2 aromatic heterocycles. The van der Waals surface area contributed by atoms with Gasteiger partial charge in [-0.1, -0.05) is 16.8 Å². The summed E-state index contributed by atoms with van der Waals surface area (Å²) < 4.78 is 17.1. The molecule has 2 heterocycles. The molecule has 0 aliphatic carbocycles. The van der Waals surface area contributed by atoms with Gasteiger partial charge in [0.15, 0.2) is 5.69 Å². The number of halogens is 1. The number of nitrogens with zero attached hydrogens (tertiary/aromatic N) is 6. The highest BCUT2D eigenvalue weighted by molar-refractivity contribution is 6.32. The fourth-order valence-corrected chi connectivity index (χ4v) is 3.57. The summed E-state index contributed by atoms with van der Waals surface area (Å²) in [5, 5.41) is 19.7. The SMILES string of the molecule is COc1ccc(/C=N/NC(=O)c2c(C)nnn2-c2nonc2N)cc1COc1cc(C)c(Cl)c(C)c1. The number of rotatable bonds is 8. The summed E-state index contributed by atoms with van der Waals surface area (Å²) >= 11 is 6.24. The molecule has 0 bridgehead atoms. The molecule has 0 fully saturated rings. The van der Waals surface area contributed by atoms with Crippen LogP contribution in [-0.2, 0) is 6.61 Å². The average Bonchev–Trinajstić information content (AvgIpc) is 3.45. The molecule has 0 saturated carbocycles. The number of aromatic nitrogens is 5. The molecule has 36 heavy (non-hydrogen) atoms. The van der Waals surface area contributed by atoms with Gasteiger partial charge >= 0.3 is 0 Å². The third kappa shape index (κ3) is 5.13. The monoisotopic (exact) mass is 510 g/mol. The van der Waals surface area contributed by atoms with Crippen LogP contribution in [0.4, 0.5) is 5.82 Å². The topological polar surface area (TPSA) is 156 Å². The molecule has 186 valence electrons. The van der Waals surface area contributed by atoms with Crippen LogP contribution in [0.5, 0.6) is 11.5 Å². The van der Waals surface area contributed by atoms with Crippen LogP contribution in [-0.4, -0.2) is 44.5 Å². The number of carbonyl (C=O) groups excluding carboxylic acids is 1. The van der Waals surface area contributed by atoms with Crippen molar-refractivity contribution in [2.75, 3.05) is 12.8 Å². The lowest BCUT2D eigenvalue weighted by molar-refractivity contribution is 0.0946. The van der Waals surface area contributed by atoms with Crippen molar-refractivity contribution in [3.63, 3.8) is 0 Å². The number of anilines is 1. The van der Waals surface area contributed by atoms with Gasteiger partial charge in [0.05, 0.1) is 19.0 Å². The summed E-state index contributed by atoms with van der Waals surface area (Å²) in [5.74, 6) is 0.806. The van der Waals surface area contributed by atoms with Crippen LogP contribution in [0.3, 0.4) is 0 Å². The Morgan fingerprint density at radius 1 is 1.22 bits per heavy atom. The van der Waals surface area contributed by atoms with Gasteiger partial charge in [0, 0.05) is 10.6 Å². The molecule has 0 saturated heterocycles. The van der Waals surface area contributed by atoms with Crippen molar-refractivity contribution >= 4 is 29.5 Å². The first-order valence-corrected chi connectivity index (χ1v) is 11.1. The predicted molar refractivity (Wildman–Crippen MR) is 132 cm³/mol. The van der Waals surface area contributed by atoms with E-state index >= 15 is 0 Å². The number of hydrogen-bond acceptors (Lipinski definition) is 10. The van der Waals surface area contributed by atoms with Crippen LogP contribution >= 0.6 is 11.6 Å². The molecule has 0 atom stereocenters. The van der Waals surface area contributed by atoms with E-state index in [-0.39, 0.29) is 23.9 Å². The minimum atomic E-state index is -0.568. The number of nitrogens with one attached hydrogen (secondary N) is 1. The van der Waals surface area contributed by atoms with Crippen molar-refractivity contribution in [2.45, 2.75) is 27.4 Å². The summed E-state index contributed by atoms with van der Waals surface area (Å²) in [7, 11) is 1.58. The normalized spacial score (nSPS) is 11.1. The molecule has 0 radical (unpaired) electrons. The highest BCUT2D eigenvalue weighted by Gasteiger charge is 2.22. The van der Waals surface area contributed by atoms with Crippen molar-refractivity contribution in [3.05, 3.63) is 69.0 Å². The first kappa shape index (κ1) is 24.7. The van der Waals surface area contributed by atoms with Crippen molar-refractivity contribution < 1.29 is 18.9 Å². The lowest BCUT2D eigenvalue weighted by atomic mass is 10.1. The number of ether oxygens (including phenoxy) is 2. The maximum absolute atomic E-state index is 12.8. The Labute approximate surface area is 211 Å². The van der Waals surface area contributed by atoms with Gasteiger partial charge in [-0.3, -0.25) is 4.79 Å². The molecule has 4 aromatic rings. The standard InChI is InChI=1S/C23H23ClN8O4/c1-12-7-17(8-13(2)19(12)24)35-11-16-9-15(5-6-18(16)34-4)10-26-28-23(33)20-14(3)27-31-32(20)22-21(25)29-36-30-22/h5-10H,11H2,1-4H3,(H2,25,29)(H,28,33)/b26-10+. The van der Waals surface area contributed by atoms with Gasteiger partial charge in [-0.15, -0.1) is 5.10 Å². The van der Waals surface area contributed by atoms with E-state index in [2.05, 4.69) is 35.8 Å². The molecular formula is C23H23ClN8O4. The maximum Gasteiger partial charge on any atom is 0.292 e. The van der Waals surface area contributed by atoms with Crippen molar-refractivity contribution in [1.29, 1.82) is 0 Å². The molecule has 3 N–H and O–H groups in total. The lowest BCUT2D eigenvalue weighted by Gasteiger charge is -2.13. The summed E-state index contributed by atoms with van der Waals surface area (Å²) in [5.41, 5.74) is 12.0. The van der Waals surface area contributed by atoms with E-state index in [1.54, 1.807) is 26.2 Å². The molecule has 2 aromatic carbocycles. The number of nitrogens with two attached hydrogens (primary N) is 1. The fourth-order valence-electron chi connectivity index (χ4n) is 3.46. The Bertz CT molecular complexity index is 1420. The highest BCUT2D eigenvalue weighted by atomic mass is 35.5. The minimum Gasteiger partial charge on any atom is -0.496 e. The van der Waals surface area contributed by atoms with E-state index in [0.717, 1.165) is 26.4 Å². The Morgan fingerprint density at radius 3 is 2.64 bits per heavy atom. The van der Waals surface area contributed by atoms with Gasteiger partial charge in [0.2, 0.25) is 11.6 Å². The lowest BCUT2D eigenvalue weighted by Crippen LogP contribution is -2.22. The second-order valence-electron chi connectivity index (χ2n) is 7.84. The second kappa shape index (κ2) is 10.4. The van der Waals surface area contributed by atoms with E-state index in [9.17, 15) is 4.79 Å². The largest absolute Gasteiger partial charge is 0.496 e.